The number of ether oxygens (including phenoxy) is 4. The standard InChI is InChI=1S/C25H22Cl2F2N4O7S/c1-11(34)37-10-20-23(38-12(2)35)22(33-9-19(31-32-33)14-4-17(28)21(27)18(29)5-14)24(39-13(3)36)25(40-20)41-16-6-15(26)7-30-8-16/h4-9,20,22-25H,10H2,1-3H3/t20?,22?,23-,24?,25+/m0/s1. The second kappa shape index (κ2) is 13.1. The second-order valence-electron chi connectivity index (χ2n) is 8.78. The molecule has 0 N–H and O–H groups in total. The van der Waals surface area contributed by atoms with Gasteiger partial charge in [-0.25, -0.2) is 13.5 Å². The van der Waals surface area contributed by atoms with Gasteiger partial charge >= 0.3 is 17.9 Å². The van der Waals surface area contributed by atoms with Crippen LogP contribution >= 0.6 is 35.0 Å². The van der Waals surface area contributed by atoms with E-state index in [1.165, 1.54) is 37.1 Å². The molecule has 0 radical (unpaired) electrons. The van der Waals surface area contributed by atoms with Crippen LogP contribution in [-0.4, -0.2) is 68.2 Å². The predicted octanol–water partition coefficient (Wildman–Crippen LogP) is 4.41. The molecule has 3 unspecified atom stereocenters. The fourth-order valence-corrected chi connectivity index (χ4v) is 5.61. The average molecular weight is 631 g/mol. The van der Waals surface area contributed by atoms with E-state index in [2.05, 4.69) is 15.3 Å². The summed E-state index contributed by atoms with van der Waals surface area (Å²) in [6.45, 7) is 3.19. The lowest BCUT2D eigenvalue weighted by atomic mass is 9.96. The van der Waals surface area contributed by atoms with Gasteiger partial charge in [0, 0.05) is 43.6 Å². The lowest BCUT2D eigenvalue weighted by Crippen LogP contribution is -2.57. The molecule has 0 spiro atoms. The van der Waals surface area contributed by atoms with E-state index in [4.69, 9.17) is 42.1 Å². The van der Waals surface area contributed by atoms with Gasteiger partial charge in [0.1, 0.15) is 46.5 Å². The van der Waals surface area contributed by atoms with Gasteiger partial charge in [0.05, 0.1) is 11.2 Å². The summed E-state index contributed by atoms with van der Waals surface area (Å²) in [4.78, 5) is 40.7. The number of thioether (sulfide) groups is 1. The number of rotatable bonds is 8. The van der Waals surface area contributed by atoms with Crippen molar-refractivity contribution < 1.29 is 42.1 Å². The van der Waals surface area contributed by atoms with Gasteiger partial charge in [-0.1, -0.05) is 40.2 Å². The number of halogens is 4. The number of benzene rings is 1. The zero-order valence-corrected chi connectivity index (χ0v) is 24.0. The molecule has 0 saturated carbocycles. The van der Waals surface area contributed by atoms with E-state index >= 15 is 0 Å². The van der Waals surface area contributed by atoms with Crippen molar-refractivity contribution in [3.63, 3.8) is 0 Å². The number of esters is 3. The summed E-state index contributed by atoms with van der Waals surface area (Å²) in [5.74, 6) is -4.05. The minimum atomic E-state index is -1.22. The summed E-state index contributed by atoms with van der Waals surface area (Å²) in [7, 11) is 0. The van der Waals surface area contributed by atoms with Crippen LogP contribution in [0.5, 0.6) is 0 Å². The molecule has 0 amide bonds. The molecule has 1 aliphatic rings. The smallest absolute Gasteiger partial charge is 0.303 e. The Balaban J connectivity index is 1.82. The number of carbonyl (C=O) groups is 3. The Morgan fingerprint density at radius 2 is 1.66 bits per heavy atom. The predicted molar refractivity (Wildman–Crippen MR) is 141 cm³/mol. The van der Waals surface area contributed by atoms with Crippen LogP contribution in [0.3, 0.4) is 0 Å². The van der Waals surface area contributed by atoms with Gasteiger partial charge in [0.25, 0.3) is 0 Å². The van der Waals surface area contributed by atoms with Crippen LogP contribution in [0.25, 0.3) is 11.3 Å². The molecule has 1 fully saturated rings. The zero-order valence-electron chi connectivity index (χ0n) is 21.6. The molecule has 0 bridgehead atoms. The van der Waals surface area contributed by atoms with Gasteiger partial charge in [-0.05, 0) is 18.2 Å². The Morgan fingerprint density at radius 1 is 1.00 bits per heavy atom. The molecule has 16 heteroatoms. The first-order chi connectivity index (χ1) is 19.4. The average Bonchev–Trinajstić information content (AvgIpc) is 3.37. The van der Waals surface area contributed by atoms with Gasteiger partial charge in [-0.2, -0.15) is 0 Å². The molecule has 2 aromatic heterocycles. The molecule has 3 aromatic rings. The summed E-state index contributed by atoms with van der Waals surface area (Å²) in [5.41, 5.74) is -0.938. The maximum Gasteiger partial charge on any atom is 0.303 e. The van der Waals surface area contributed by atoms with E-state index in [-0.39, 0.29) is 17.9 Å². The van der Waals surface area contributed by atoms with Crippen molar-refractivity contribution in [1.82, 2.24) is 20.0 Å². The van der Waals surface area contributed by atoms with Crippen molar-refractivity contribution in [1.29, 1.82) is 0 Å². The zero-order chi connectivity index (χ0) is 29.8. The normalized spacial score (nSPS) is 22.2. The van der Waals surface area contributed by atoms with Crippen molar-refractivity contribution in [3.05, 3.63) is 58.5 Å². The number of nitrogens with zero attached hydrogens (tertiary/aromatic N) is 4. The third-order valence-electron chi connectivity index (χ3n) is 5.70. The molecular formula is C25H22Cl2F2N4O7S. The molecule has 11 nitrogen and oxygen atoms in total. The van der Waals surface area contributed by atoms with Crippen molar-refractivity contribution >= 4 is 52.9 Å². The molecule has 5 atom stereocenters. The van der Waals surface area contributed by atoms with E-state index in [0.29, 0.717) is 9.92 Å². The Labute approximate surface area is 246 Å². The highest BCUT2D eigenvalue weighted by Gasteiger charge is 2.52. The largest absolute Gasteiger partial charge is 0.463 e. The first kappa shape index (κ1) is 30.6. The Bertz CT molecular complexity index is 1440. The molecule has 218 valence electrons. The molecule has 3 heterocycles. The van der Waals surface area contributed by atoms with Crippen LogP contribution in [0.1, 0.15) is 26.8 Å². The lowest BCUT2D eigenvalue weighted by Gasteiger charge is -2.44. The van der Waals surface area contributed by atoms with Crippen LogP contribution in [0.4, 0.5) is 8.78 Å². The first-order valence-electron chi connectivity index (χ1n) is 11.9. The van der Waals surface area contributed by atoms with Gasteiger partial charge in [0.15, 0.2) is 12.2 Å². The van der Waals surface area contributed by atoms with Crippen LogP contribution in [0, 0.1) is 11.6 Å². The molecule has 1 saturated heterocycles. The maximum atomic E-state index is 14.2. The van der Waals surface area contributed by atoms with Crippen molar-refractivity contribution in [2.75, 3.05) is 6.61 Å². The highest BCUT2D eigenvalue weighted by molar-refractivity contribution is 7.99. The molecule has 4 rings (SSSR count). The fourth-order valence-electron chi connectivity index (χ4n) is 4.13. The van der Waals surface area contributed by atoms with Gasteiger partial charge in [-0.3, -0.25) is 19.4 Å². The molecular weight excluding hydrogens is 609 g/mol. The quantitative estimate of drug-likeness (QED) is 0.199. The third-order valence-corrected chi connectivity index (χ3v) is 7.37. The SMILES string of the molecule is CC(=O)OCC1O[C@H](Sc2cncc(Cl)c2)C(OC(C)=O)C(n2cc(-c3cc(F)c(Cl)c(F)c3)nn2)[C@H]1OC(C)=O. The summed E-state index contributed by atoms with van der Waals surface area (Å²) in [6.07, 6.45) is 0.801. The fraction of sp³-hybridized carbons (Fsp3) is 0.360. The van der Waals surface area contributed by atoms with E-state index in [1.54, 1.807) is 6.07 Å². The van der Waals surface area contributed by atoms with E-state index in [1.807, 2.05) is 0 Å². The van der Waals surface area contributed by atoms with Gasteiger partial charge in [0.2, 0.25) is 0 Å². The first-order valence-corrected chi connectivity index (χ1v) is 13.5. The van der Waals surface area contributed by atoms with E-state index < -0.39 is 64.4 Å². The Hall–Kier alpha value is -3.33. The molecule has 41 heavy (non-hydrogen) atoms. The number of hydrogen-bond donors (Lipinski definition) is 0. The van der Waals surface area contributed by atoms with Crippen molar-refractivity contribution in [2.45, 2.75) is 55.5 Å². The monoisotopic (exact) mass is 630 g/mol. The molecule has 1 aliphatic heterocycles. The minimum Gasteiger partial charge on any atom is -0.463 e. The number of pyridine rings is 1. The third kappa shape index (κ3) is 7.50. The van der Waals surface area contributed by atoms with Crippen molar-refractivity contribution in [3.8, 4) is 11.3 Å². The number of carbonyl (C=O) groups excluding carboxylic acids is 3. The Morgan fingerprint density at radius 3 is 2.27 bits per heavy atom. The summed E-state index contributed by atoms with van der Waals surface area (Å²) in [6, 6.07) is 2.46. The molecule has 1 aromatic carbocycles. The number of aromatic nitrogens is 4. The van der Waals surface area contributed by atoms with Gasteiger partial charge < -0.3 is 18.9 Å². The van der Waals surface area contributed by atoms with Crippen LogP contribution in [0.15, 0.2) is 41.7 Å². The number of hydrogen-bond acceptors (Lipinski definition) is 11. The van der Waals surface area contributed by atoms with Crippen molar-refractivity contribution in [2.24, 2.45) is 0 Å². The lowest BCUT2D eigenvalue weighted by molar-refractivity contribution is -0.212. The maximum absolute atomic E-state index is 14.2. The summed E-state index contributed by atoms with van der Waals surface area (Å²) < 4.78 is 52.2. The topological polar surface area (TPSA) is 132 Å². The van der Waals surface area contributed by atoms with Gasteiger partial charge in [-0.15, -0.1) is 5.10 Å². The summed E-state index contributed by atoms with van der Waals surface area (Å²) >= 11 is 12.8. The minimum absolute atomic E-state index is 0.0168. The van der Waals surface area contributed by atoms with Crippen LogP contribution < -0.4 is 0 Å². The molecule has 0 aliphatic carbocycles. The van der Waals surface area contributed by atoms with E-state index in [0.717, 1.165) is 30.8 Å². The van der Waals surface area contributed by atoms with E-state index in [9.17, 15) is 23.2 Å². The summed E-state index contributed by atoms with van der Waals surface area (Å²) in [5, 5.41) is 7.77. The van der Waals surface area contributed by atoms with Crippen LogP contribution in [-0.2, 0) is 33.3 Å². The van der Waals surface area contributed by atoms with Crippen LogP contribution in [0.2, 0.25) is 10.0 Å². The highest BCUT2D eigenvalue weighted by atomic mass is 35.5. The second-order valence-corrected chi connectivity index (χ2v) is 10.8. The highest BCUT2D eigenvalue weighted by Crippen LogP contribution is 2.41. The Kier molecular flexibility index (Phi) is 9.79.